The van der Waals surface area contributed by atoms with Gasteiger partial charge in [0.25, 0.3) is 0 Å². The van der Waals surface area contributed by atoms with Crippen LogP contribution >= 0.6 is 0 Å². The van der Waals surface area contributed by atoms with Crippen molar-refractivity contribution in [3.63, 3.8) is 0 Å². The second-order valence-corrected chi connectivity index (χ2v) is 4.64. The standard InChI is InChI=1S/C11H18N4O/c1-9(2)11(16)14-5-3-4-10(6-14)15-7-12-13-8-15/h7-10H,3-6H2,1-2H3. The Labute approximate surface area is 95.5 Å². The summed E-state index contributed by atoms with van der Waals surface area (Å²) in [5.74, 6) is 0.331. The molecule has 88 valence electrons. The fourth-order valence-corrected chi connectivity index (χ4v) is 2.16. The predicted molar refractivity (Wildman–Crippen MR) is 59.7 cm³/mol. The lowest BCUT2D eigenvalue weighted by atomic mass is 10.0. The Bertz CT molecular complexity index is 347. The number of hydrogen-bond donors (Lipinski definition) is 0. The molecule has 2 heterocycles. The zero-order chi connectivity index (χ0) is 11.5. The topological polar surface area (TPSA) is 51.0 Å². The first-order valence-corrected chi connectivity index (χ1v) is 5.81. The van der Waals surface area contributed by atoms with Crippen molar-refractivity contribution < 1.29 is 4.79 Å². The Morgan fingerprint density at radius 1 is 1.38 bits per heavy atom. The van der Waals surface area contributed by atoms with Crippen LogP contribution in [0.3, 0.4) is 0 Å². The van der Waals surface area contributed by atoms with E-state index < -0.39 is 0 Å². The molecule has 0 bridgehead atoms. The normalized spacial score (nSPS) is 21.4. The van der Waals surface area contributed by atoms with Gasteiger partial charge in [0.15, 0.2) is 0 Å². The Kier molecular flexibility index (Phi) is 3.22. The maximum absolute atomic E-state index is 11.9. The van der Waals surface area contributed by atoms with Gasteiger partial charge in [0.05, 0.1) is 6.04 Å². The van der Waals surface area contributed by atoms with Crippen LogP contribution in [-0.4, -0.2) is 38.7 Å². The molecule has 0 radical (unpaired) electrons. The first kappa shape index (κ1) is 11.1. The summed E-state index contributed by atoms with van der Waals surface area (Å²) >= 11 is 0. The molecule has 1 amide bonds. The summed E-state index contributed by atoms with van der Waals surface area (Å²) in [5, 5.41) is 7.62. The van der Waals surface area contributed by atoms with Gasteiger partial charge >= 0.3 is 0 Å². The van der Waals surface area contributed by atoms with E-state index in [-0.39, 0.29) is 11.8 Å². The van der Waals surface area contributed by atoms with Crippen molar-refractivity contribution >= 4 is 5.91 Å². The van der Waals surface area contributed by atoms with Crippen molar-refractivity contribution in [2.75, 3.05) is 13.1 Å². The molecule has 2 rings (SSSR count). The van der Waals surface area contributed by atoms with Crippen molar-refractivity contribution in [3.05, 3.63) is 12.7 Å². The van der Waals surface area contributed by atoms with E-state index in [1.807, 2.05) is 23.3 Å². The summed E-state index contributed by atoms with van der Waals surface area (Å²) < 4.78 is 2.00. The minimum absolute atomic E-state index is 0.0830. The van der Waals surface area contributed by atoms with E-state index in [9.17, 15) is 4.79 Å². The van der Waals surface area contributed by atoms with Crippen molar-refractivity contribution in [1.82, 2.24) is 19.7 Å². The Balaban J connectivity index is 2.02. The number of likely N-dealkylation sites (tertiary alicyclic amines) is 1. The molecule has 1 atom stereocenters. The molecule has 1 aromatic heterocycles. The van der Waals surface area contributed by atoms with E-state index in [1.165, 1.54) is 0 Å². The van der Waals surface area contributed by atoms with Gasteiger partial charge < -0.3 is 9.47 Å². The van der Waals surface area contributed by atoms with Crippen LogP contribution in [0.1, 0.15) is 32.7 Å². The van der Waals surface area contributed by atoms with Gasteiger partial charge in [0.1, 0.15) is 12.7 Å². The molecule has 0 saturated carbocycles. The van der Waals surface area contributed by atoms with E-state index in [1.54, 1.807) is 12.7 Å². The van der Waals surface area contributed by atoms with Crippen LogP contribution in [0.2, 0.25) is 0 Å². The quantitative estimate of drug-likeness (QED) is 0.753. The van der Waals surface area contributed by atoms with E-state index in [4.69, 9.17) is 0 Å². The Hall–Kier alpha value is -1.39. The van der Waals surface area contributed by atoms with Gasteiger partial charge in [-0.15, -0.1) is 10.2 Å². The summed E-state index contributed by atoms with van der Waals surface area (Å²) in [4.78, 5) is 13.9. The average molecular weight is 222 g/mol. The first-order chi connectivity index (χ1) is 7.68. The lowest BCUT2D eigenvalue weighted by Crippen LogP contribution is -2.42. The van der Waals surface area contributed by atoms with Crippen LogP contribution in [0.15, 0.2) is 12.7 Å². The number of hydrogen-bond acceptors (Lipinski definition) is 3. The van der Waals surface area contributed by atoms with Gasteiger partial charge in [-0.05, 0) is 12.8 Å². The lowest BCUT2D eigenvalue weighted by Gasteiger charge is -2.34. The predicted octanol–water partition coefficient (Wildman–Crippen LogP) is 1.10. The molecule has 16 heavy (non-hydrogen) atoms. The number of aromatic nitrogens is 3. The molecule has 1 aliphatic heterocycles. The van der Waals surface area contributed by atoms with Gasteiger partial charge in [0.2, 0.25) is 5.91 Å². The van der Waals surface area contributed by atoms with E-state index >= 15 is 0 Å². The zero-order valence-corrected chi connectivity index (χ0v) is 9.83. The van der Waals surface area contributed by atoms with Crippen LogP contribution in [0.25, 0.3) is 0 Å². The van der Waals surface area contributed by atoms with E-state index in [0.29, 0.717) is 6.04 Å². The number of piperidine rings is 1. The largest absolute Gasteiger partial charge is 0.340 e. The number of carbonyl (C=O) groups is 1. The van der Waals surface area contributed by atoms with Crippen molar-refractivity contribution in [1.29, 1.82) is 0 Å². The smallest absolute Gasteiger partial charge is 0.225 e. The molecular weight excluding hydrogens is 204 g/mol. The molecule has 0 N–H and O–H groups in total. The molecule has 0 aliphatic carbocycles. The Morgan fingerprint density at radius 2 is 2.06 bits per heavy atom. The van der Waals surface area contributed by atoms with Crippen LogP contribution in [-0.2, 0) is 4.79 Å². The van der Waals surface area contributed by atoms with Gasteiger partial charge in [-0.2, -0.15) is 0 Å². The molecule has 1 aromatic rings. The summed E-state index contributed by atoms with van der Waals surface area (Å²) in [7, 11) is 0. The highest BCUT2D eigenvalue weighted by molar-refractivity contribution is 5.78. The molecule has 1 aliphatic rings. The Morgan fingerprint density at radius 3 is 2.69 bits per heavy atom. The minimum Gasteiger partial charge on any atom is -0.340 e. The number of amides is 1. The van der Waals surface area contributed by atoms with Crippen molar-refractivity contribution in [2.45, 2.75) is 32.7 Å². The molecule has 5 heteroatoms. The fourth-order valence-electron chi connectivity index (χ4n) is 2.16. The van der Waals surface area contributed by atoms with E-state index in [2.05, 4.69) is 10.2 Å². The van der Waals surface area contributed by atoms with Crippen molar-refractivity contribution in [3.8, 4) is 0 Å². The molecule has 1 fully saturated rings. The van der Waals surface area contributed by atoms with Gasteiger partial charge in [-0.3, -0.25) is 4.79 Å². The molecule has 1 saturated heterocycles. The van der Waals surface area contributed by atoms with E-state index in [0.717, 1.165) is 25.9 Å². The second-order valence-electron chi connectivity index (χ2n) is 4.64. The highest BCUT2D eigenvalue weighted by atomic mass is 16.2. The summed E-state index contributed by atoms with van der Waals surface area (Å²) in [6.07, 6.45) is 5.61. The maximum atomic E-state index is 11.9. The third-order valence-corrected chi connectivity index (χ3v) is 3.06. The third kappa shape index (κ3) is 2.23. The average Bonchev–Trinajstić information content (AvgIpc) is 2.81. The SMILES string of the molecule is CC(C)C(=O)N1CCCC(n2cnnc2)C1. The highest BCUT2D eigenvalue weighted by Crippen LogP contribution is 2.21. The number of rotatable bonds is 2. The first-order valence-electron chi connectivity index (χ1n) is 5.81. The van der Waals surface area contributed by atoms with Crippen molar-refractivity contribution in [2.24, 2.45) is 5.92 Å². The summed E-state index contributed by atoms with van der Waals surface area (Å²) in [5.41, 5.74) is 0. The van der Waals surface area contributed by atoms with Gasteiger partial charge in [-0.25, -0.2) is 0 Å². The van der Waals surface area contributed by atoms with Crippen LogP contribution in [0.4, 0.5) is 0 Å². The van der Waals surface area contributed by atoms with Crippen LogP contribution < -0.4 is 0 Å². The van der Waals surface area contributed by atoms with Crippen LogP contribution in [0, 0.1) is 5.92 Å². The van der Waals surface area contributed by atoms with Gasteiger partial charge in [0, 0.05) is 19.0 Å². The highest BCUT2D eigenvalue weighted by Gasteiger charge is 2.25. The lowest BCUT2D eigenvalue weighted by molar-refractivity contribution is -0.136. The summed E-state index contributed by atoms with van der Waals surface area (Å²) in [6, 6.07) is 0.339. The minimum atomic E-state index is 0.0830. The maximum Gasteiger partial charge on any atom is 0.225 e. The molecule has 1 unspecified atom stereocenters. The molecular formula is C11H18N4O. The molecule has 0 spiro atoms. The number of carbonyl (C=O) groups excluding carboxylic acids is 1. The molecule has 5 nitrogen and oxygen atoms in total. The van der Waals surface area contributed by atoms with Crippen LogP contribution in [0.5, 0.6) is 0 Å². The van der Waals surface area contributed by atoms with Gasteiger partial charge in [-0.1, -0.05) is 13.8 Å². The molecule has 0 aromatic carbocycles. The second kappa shape index (κ2) is 4.63. The number of nitrogens with zero attached hydrogens (tertiary/aromatic N) is 4. The fraction of sp³-hybridized carbons (Fsp3) is 0.727. The zero-order valence-electron chi connectivity index (χ0n) is 9.83. The summed E-state index contributed by atoms with van der Waals surface area (Å²) in [6.45, 7) is 5.57. The third-order valence-electron chi connectivity index (χ3n) is 3.06. The monoisotopic (exact) mass is 222 g/mol.